The highest BCUT2D eigenvalue weighted by molar-refractivity contribution is 7.89. The molecule has 0 aliphatic rings. The minimum absolute atomic E-state index is 0.0291. The van der Waals surface area contributed by atoms with Crippen molar-refractivity contribution < 1.29 is 22.6 Å². The Morgan fingerprint density at radius 1 is 1.15 bits per heavy atom. The molecule has 9 nitrogen and oxygen atoms in total. The molecule has 0 bridgehead atoms. The summed E-state index contributed by atoms with van der Waals surface area (Å²) in [5, 5.41) is 10.0. The molecule has 0 atom stereocenters. The van der Waals surface area contributed by atoms with E-state index < -0.39 is 10.0 Å². The Bertz CT molecular complexity index is 1080. The van der Waals surface area contributed by atoms with E-state index in [1.165, 1.54) is 19.2 Å². The van der Waals surface area contributed by atoms with Crippen molar-refractivity contribution in [3.05, 3.63) is 47.0 Å². The lowest BCUT2D eigenvalue weighted by Gasteiger charge is -2.10. The number of halogens is 1. The minimum atomic E-state index is -3.90. The molecule has 3 rings (SSSR count). The number of carbonyl (C=O) groups is 1. The van der Waals surface area contributed by atoms with E-state index in [2.05, 4.69) is 25.0 Å². The lowest BCUT2D eigenvalue weighted by atomic mass is 10.2. The molecule has 0 unspecified atom stereocenters. The largest absolute Gasteiger partial charge is 0.496 e. The average Bonchev–Trinajstić information content (AvgIpc) is 3.15. The van der Waals surface area contributed by atoms with Crippen LogP contribution in [0.2, 0.25) is 5.02 Å². The molecule has 0 aliphatic heterocycles. The van der Waals surface area contributed by atoms with Crippen LogP contribution in [0, 0.1) is 0 Å². The second-order valence-electron chi connectivity index (χ2n) is 5.36. The number of hydrogen-bond acceptors (Lipinski definition) is 7. The summed E-state index contributed by atoms with van der Waals surface area (Å²) in [7, 11) is -2.43. The molecule has 0 spiro atoms. The predicted molar refractivity (Wildman–Crippen MR) is 97.3 cm³/mol. The molecular weight excluding hydrogens is 396 g/mol. The third-order valence-corrected chi connectivity index (χ3v) is 5.47. The number of methoxy groups -OCH3 is 1. The molecule has 0 saturated carbocycles. The zero-order valence-electron chi connectivity index (χ0n) is 14.1. The Balaban J connectivity index is 1.63. The summed E-state index contributed by atoms with van der Waals surface area (Å²) in [6.45, 7) is 0.0442. The number of nitrogens with zero attached hydrogens (tertiary/aromatic N) is 2. The Morgan fingerprint density at radius 2 is 1.89 bits per heavy atom. The van der Waals surface area contributed by atoms with Gasteiger partial charge in [-0.3, -0.25) is 4.79 Å². The number of fused-ring (bicyclic) bond motifs is 1. The van der Waals surface area contributed by atoms with Gasteiger partial charge in [-0.15, -0.1) is 0 Å². The SMILES string of the molecule is COc1ccccc1C(=O)NCCNS(=O)(=O)c1ccc(Cl)c2nonc12. The van der Waals surface area contributed by atoms with Crippen LogP contribution in [0.4, 0.5) is 0 Å². The number of nitrogens with one attached hydrogen (secondary N) is 2. The van der Waals surface area contributed by atoms with Crippen LogP contribution in [0.25, 0.3) is 11.0 Å². The number of para-hydroxylation sites is 1. The van der Waals surface area contributed by atoms with Crippen molar-refractivity contribution in [3.63, 3.8) is 0 Å². The van der Waals surface area contributed by atoms with Gasteiger partial charge in [0.05, 0.1) is 17.7 Å². The van der Waals surface area contributed by atoms with Crippen LogP contribution in [0.5, 0.6) is 5.75 Å². The summed E-state index contributed by atoms with van der Waals surface area (Å²) in [6.07, 6.45) is 0. The van der Waals surface area contributed by atoms with Gasteiger partial charge in [-0.1, -0.05) is 23.7 Å². The highest BCUT2D eigenvalue weighted by atomic mass is 35.5. The molecule has 1 amide bonds. The topological polar surface area (TPSA) is 123 Å². The van der Waals surface area contributed by atoms with E-state index in [4.69, 9.17) is 16.3 Å². The monoisotopic (exact) mass is 410 g/mol. The first-order valence-electron chi connectivity index (χ1n) is 7.75. The molecule has 2 aromatic carbocycles. The van der Waals surface area contributed by atoms with E-state index in [-0.39, 0.29) is 39.9 Å². The van der Waals surface area contributed by atoms with Crippen LogP contribution in [-0.2, 0) is 10.0 Å². The summed E-state index contributed by atoms with van der Waals surface area (Å²) in [6, 6.07) is 9.43. The van der Waals surface area contributed by atoms with Crippen molar-refractivity contribution in [2.45, 2.75) is 4.90 Å². The van der Waals surface area contributed by atoms with Crippen LogP contribution in [-0.4, -0.2) is 44.8 Å². The zero-order chi connectivity index (χ0) is 19.4. The first kappa shape index (κ1) is 19.1. The normalized spacial score (nSPS) is 11.5. The van der Waals surface area contributed by atoms with Crippen molar-refractivity contribution >= 4 is 38.6 Å². The fourth-order valence-corrected chi connectivity index (χ4v) is 3.75. The Kier molecular flexibility index (Phi) is 5.59. The second kappa shape index (κ2) is 7.91. The fraction of sp³-hybridized carbons (Fsp3) is 0.188. The maximum atomic E-state index is 12.5. The van der Waals surface area contributed by atoms with Gasteiger partial charge in [-0.05, 0) is 34.6 Å². The van der Waals surface area contributed by atoms with Gasteiger partial charge in [-0.25, -0.2) is 17.8 Å². The molecule has 142 valence electrons. The summed E-state index contributed by atoms with van der Waals surface area (Å²) >= 11 is 5.93. The average molecular weight is 411 g/mol. The maximum absolute atomic E-state index is 12.5. The minimum Gasteiger partial charge on any atom is -0.496 e. The molecular formula is C16H15ClN4O5S. The number of sulfonamides is 1. The predicted octanol–water partition coefficient (Wildman–Crippen LogP) is 1.59. The summed E-state index contributed by atoms with van der Waals surface area (Å²) in [5.74, 6) is 0.0545. The number of aromatic nitrogens is 2. The number of rotatable bonds is 7. The van der Waals surface area contributed by atoms with Crippen molar-refractivity contribution in [1.82, 2.24) is 20.4 Å². The molecule has 1 heterocycles. The molecule has 3 aromatic rings. The van der Waals surface area contributed by atoms with E-state index in [0.29, 0.717) is 11.3 Å². The first-order chi connectivity index (χ1) is 12.9. The number of ether oxygens (including phenoxy) is 1. The number of benzene rings is 2. The molecule has 11 heteroatoms. The first-order valence-corrected chi connectivity index (χ1v) is 9.62. The van der Waals surface area contributed by atoms with E-state index in [1.807, 2.05) is 0 Å². The lowest BCUT2D eigenvalue weighted by Crippen LogP contribution is -2.34. The van der Waals surface area contributed by atoms with Crippen molar-refractivity contribution in [2.24, 2.45) is 0 Å². The van der Waals surface area contributed by atoms with Gasteiger partial charge in [0.25, 0.3) is 5.91 Å². The van der Waals surface area contributed by atoms with Crippen molar-refractivity contribution in [3.8, 4) is 5.75 Å². The molecule has 0 saturated heterocycles. The smallest absolute Gasteiger partial charge is 0.255 e. The van der Waals surface area contributed by atoms with Crippen molar-refractivity contribution in [2.75, 3.05) is 20.2 Å². The van der Waals surface area contributed by atoms with Gasteiger partial charge in [0.2, 0.25) is 10.0 Å². The number of carbonyl (C=O) groups excluding carboxylic acids is 1. The van der Waals surface area contributed by atoms with E-state index in [1.54, 1.807) is 24.3 Å². The van der Waals surface area contributed by atoms with Crippen LogP contribution in [0.15, 0.2) is 45.9 Å². The van der Waals surface area contributed by atoms with E-state index >= 15 is 0 Å². The highest BCUT2D eigenvalue weighted by Gasteiger charge is 2.21. The van der Waals surface area contributed by atoms with Gasteiger partial charge in [0.1, 0.15) is 10.6 Å². The highest BCUT2D eigenvalue weighted by Crippen LogP contribution is 2.26. The van der Waals surface area contributed by atoms with E-state index in [9.17, 15) is 13.2 Å². The van der Waals surface area contributed by atoms with Crippen LogP contribution >= 0.6 is 11.6 Å². The van der Waals surface area contributed by atoms with Crippen molar-refractivity contribution in [1.29, 1.82) is 0 Å². The number of amides is 1. The second-order valence-corrected chi connectivity index (χ2v) is 7.50. The Hall–Kier alpha value is -2.69. The van der Waals surface area contributed by atoms with E-state index in [0.717, 1.165) is 0 Å². The van der Waals surface area contributed by atoms with Gasteiger partial charge < -0.3 is 10.1 Å². The molecule has 2 N–H and O–H groups in total. The molecule has 0 fully saturated rings. The third kappa shape index (κ3) is 4.02. The van der Waals surface area contributed by atoms with Crippen LogP contribution < -0.4 is 14.8 Å². The van der Waals surface area contributed by atoms with Gasteiger partial charge in [-0.2, -0.15) is 0 Å². The van der Waals surface area contributed by atoms with Gasteiger partial charge in [0.15, 0.2) is 11.0 Å². The third-order valence-electron chi connectivity index (χ3n) is 3.67. The maximum Gasteiger partial charge on any atom is 0.255 e. The number of hydrogen-bond donors (Lipinski definition) is 2. The Labute approximate surface area is 159 Å². The summed E-state index contributed by atoms with van der Waals surface area (Å²) in [4.78, 5) is 12.1. The lowest BCUT2D eigenvalue weighted by molar-refractivity contribution is 0.0951. The van der Waals surface area contributed by atoms with Crippen LogP contribution in [0.1, 0.15) is 10.4 Å². The quantitative estimate of drug-likeness (QED) is 0.567. The fourth-order valence-electron chi connectivity index (χ4n) is 2.40. The standard InChI is InChI=1S/C16H15ClN4O5S/c1-25-12-5-3-2-4-10(12)16(22)18-8-9-19-27(23,24)13-7-6-11(17)14-15(13)21-26-20-14/h2-7,19H,8-9H2,1H3,(H,18,22). The summed E-state index contributed by atoms with van der Waals surface area (Å²) < 4.78 is 37.0. The molecule has 0 aliphatic carbocycles. The van der Waals surface area contributed by atoms with Gasteiger partial charge in [0, 0.05) is 13.1 Å². The zero-order valence-corrected chi connectivity index (χ0v) is 15.7. The van der Waals surface area contributed by atoms with Crippen LogP contribution in [0.3, 0.4) is 0 Å². The molecule has 0 radical (unpaired) electrons. The Morgan fingerprint density at radius 3 is 2.67 bits per heavy atom. The van der Waals surface area contributed by atoms with Gasteiger partial charge >= 0.3 is 0 Å². The summed E-state index contributed by atoms with van der Waals surface area (Å²) in [5.41, 5.74) is 0.549. The molecule has 27 heavy (non-hydrogen) atoms. The molecule has 1 aromatic heterocycles.